The lowest BCUT2D eigenvalue weighted by atomic mass is 10.1. The number of carbonyl (C=O) groups is 2. The molecule has 2 N–H and O–H groups in total. The minimum atomic E-state index is -4.01. The molecule has 0 saturated heterocycles. The minimum absolute atomic E-state index is 0.0394. The average molecular weight is 434 g/mol. The highest BCUT2D eigenvalue weighted by atomic mass is 32.2. The van der Waals surface area contributed by atoms with Gasteiger partial charge in [-0.15, -0.1) is 0 Å². The van der Waals surface area contributed by atoms with E-state index in [1.54, 1.807) is 26.0 Å². The number of nitrogens with one attached hydrogen (secondary N) is 2. The molecule has 9 nitrogen and oxygen atoms in total. The van der Waals surface area contributed by atoms with E-state index < -0.39 is 21.9 Å². The summed E-state index contributed by atoms with van der Waals surface area (Å²) in [5.74, 6) is -0.407. The molecule has 0 bridgehead atoms. The Bertz CT molecular complexity index is 1050. The van der Waals surface area contributed by atoms with Crippen LogP contribution in [-0.2, 0) is 19.6 Å². The van der Waals surface area contributed by atoms with Crippen LogP contribution in [0.25, 0.3) is 0 Å². The second-order valence-electron chi connectivity index (χ2n) is 6.68. The van der Waals surface area contributed by atoms with Gasteiger partial charge in [0.25, 0.3) is 15.9 Å². The molecule has 160 valence electrons. The Morgan fingerprint density at radius 2 is 1.77 bits per heavy atom. The van der Waals surface area contributed by atoms with Gasteiger partial charge in [0.15, 0.2) is 11.5 Å². The van der Waals surface area contributed by atoms with Crippen molar-refractivity contribution in [1.29, 1.82) is 0 Å². The lowest BCUT2D eigenvalue weighted by Gasteiger charge is -2.19. The molecular formula is C20H22N2O7S. The number of amides is 1. The third kappa shape index (κ3) is 5.20. The first-order valence-electron chi connectivity index (χ1n) is 9.25. The van der Waals surface area contributed by atoms with E-state index in [4.69, 9.17) is 14.2 Å². The first kappa shape index (κ1) is 21.4. The average Bonchev–Trinajstić information content (AvgIpc) is 2.71. The smallest absolute Gasteiger partial charge is 0.325 e. The lowest BCUT2D eigenvalue weighted by Crippen LogP contribution is -2.32. The summed E-state index contributed by atoms with van der Waals surface area (Å²) in [6, 6.07) is 10.3. The first-order chi connectivity index (χ1) is 14.3. The molecule has 30 heavy (non-hydrogen) atoms. The van der Waals surface area contributed by atoms with Crippen LogP contribution in [0.15, 0.2) is 47.4 Å². The van der Waals surface area contributed by atoms with Crippen LogP contribution >= 0.6 is 0 Å². The summed E-state index contributed by atoms with van der Waals surface area (Å²) in [6.07, 6.45) is -0.306. The predicted molar refractivity (Wildman–Crippen MR) is 108 cm³/mol. The fourth-order valence-electron chi connectivity index (χ4n) is 2.72. The van der Waals surface area contributed by atoms with Gasteiger partial charge in [0.05, 0.1) is 22.3 Å². The van der Waals surface area contributed by atoms with E-state index in [-0.39, 0.29) is 28.8 Å². The van der Waals surface area contributed by atoms with E-state index in [0.29, 0.717) is 24.7 Å². The normalized spacial score (nSPS) is 12.9. The maximum atomic E-state index is 12.8. The Labute approximate surface area is 174 Å². The highest BCUT2D eigenvalue weighted by Crippen LogP contribution is 2.33. The molecule has 2 aromatic carbocycles. The standard InChI is InChI=1S/C20H22N2O7S/c1-13(2)29-19(23)12-21-20(24)15-5-3-4-6-16(15)22-30(25,26)14-7-8-17-18(11-14)28-10-9-27-17/h3-8,11,13,22H,9-10,12H2,1-2H3,(H,21,24). The number of benzene rings is 2. The summed E-state index contributed by atoms with van der Waals surface area (Å²) in [5.41, 5.74) is 0.137. The zero-order valence-corrected chi connectivity index (χ0v) is 17.3. The van der Waals surface area contributed by atoms with Crippen LogP contribution in [0.3, 0.4) is 0 Å². The number of rotatable bonds is 7. The first-order valence-corrected chi connectivity index (χ1v) is 10.7. The van der Waals surface area contributed by atoms with Crippen molar-refractivity contribution in [1.82, 2.24) is 5.32 Å². The van der Waals surface area contributed by atoms with Crippen molar-refractivity contribution in [2.45, 2.75) is 24.8 Å². The van der Waals surface area contributed by atoms with Gasteiger partial charge in [-0.1, -0.05) is 12.1 Å². The summed E-state index contributed by atoms with van der Waals surface area (Å²) in [5, 5.41) is 2.43. The van der Waals surface area contributed by atoms with E-state index in [9.17, 15) is 18.0 Å². The van der Waals surface area contributed by atoms with Crippen molar-refractivity contribution in [3.05, 3.63) is 48.0 Å². The topological polar surface area (TPSA) is 120 Å². The third-order valence-corrected chi connectivity index (χ3v) is 5.36. The van der Waals surface area contributed by atoms with Gasteiger partial charge in [0.1, 0.15) is 19.8 Å². The van der Waals surface area contributed by atoms with Crippen molar-refractivity contribution in [2.24, 2.45) is 0 Å². The second-order valence-corrected chi connectivity index (χ2v) is 8.36. The summed E-state index contributed by atoms with van der Waals surface area (Å²) >= 11 is 0. The highest BCUT2D eigenvalue weighted by molar-refractivity contribution is 7.92. The number of carbonyl (C=O) groups excluding carboxylic acids is 2. The van der Waals surface area contributed by atoms with Gasteiger partial charge in [-0.3, -0.25) is 14.3 Å². The number of fused-ring (bicyclic) bond motifs is 1. The minimum Gasteiger partial charge on any atom is -0.486 e. The van der Waals surface area contributed by atoms with Crippen LogP contribution in [-0.4, -0.2) is 46.2 Å². The number of hydrogen-bond acceptors (Lipinski definition) is 7. The summed E-state index contributed by atoms with van der Waals surface area (Å²) in [6.45, 7) is 3.78. The maximum Gasteiger partial charge on any atom is 0.325 e. The fraction of sp³-hybridized carbons (Fsp3) is 0.300. The van der Waals surface area contributed by atoms with Gasteiger partial charge in [0, 0.05) is 6.07 Å². The van der Waals surface area contributed by atoms with E-state index in [0.717, 1.165) is 0 Å². The number of ether oxygens (including phenoxy) is 3. The van der Waals surface area contributed by atoms with Gasteiger partial charge in [-0.2, -0.15) is 0 Å². The molecule has 0 saturated carbocycles. The quantitative estimate of drug-likeness (QED) is 0.639. The molecule has 0 spiro atoms. The van der Waals surface area contributed by atoms with E-state index in [2.05, 4.69) is 10.0 Å². The molecule has 0 fully saturated rings. The van der Waals surface area contributed by atoms with Gasteiger partial charge >= 0.3 is 5.97 Å². The van der Waals surface area contributed by atoms with Crippen LogP contribution in [0, 0.1) is 0 Å². The largest absolute Gasteiger partial charge is 0.486 e. The molecule has 0 unspecified atom stereocenters. The van der Waals surface area contributed by atoms with Crippen molar-refractivity contribution in [3.63, 3.8) is 0 Å². The monoisotopic (exact) mass is 434 g/mol. The van der Waals surface area contributed by atoms with Gasteiger partial charge in [-0.25, -0.2) is 8.42 Å². The maximum absolute atomic E-state index is 12.8. The van der Waals surface area contributed by atoms with Crippen molar-refractivity contribution in [3.8, 4) is 11.5 Å². The van der Waals surface area contributed by atoms with Gasteiger partial charge in [0.2, 0.25) is 0 Å². The number of anilines is 1. The molecule has 1 amide bonds. The number of esters is 1. The third-order valence-electron chi connectivity index (χ3n) is 4.00. The zero-order chi connectivity index (χ0) is 21.7. The number of hydrogen-bond donors (Lipinski definition) is 2. The molecule has 0 radical (unpaired) electrons. The molecule has 0 aromatic heterocycles. The number of sulfonamides is 1. The summed E-state index contributed by atoms with van der Waals surface area (Å²) in [4.78, 5) is 24.1. The molecule has 1 aliphatic heterocycles. The molecule has 10 heteroatoms. The zero-order valence-electron chi connectivity index (χ0n) is 16.5. The second kappa shape index (κ2) is 9.04. The summed E-state index contributed by atoms with van der Waals surface area (Å²) < 4.78 is 43.9. The molecule has 1 heterocycles. The van der Waals surface area contributed by atoms with Crippen LogP contribution in [0.5, 0.6) is 11.5 Å². The van der Waals surface area contributed by atoms with Crippen LogP contribution < -0.4 is 19.5 Å². The van der Waals surface area contributed by atoms with Crippen LogP contribution in [0.4, 0.5) is 5.69 Å². The number of para-hydroxylation sites is 1. The van der Waals surface area contributed by atoms with Crippen LogP contribution in [0.1, 0.15) is 24.2 Å². The molecule has 0 atom stereocenters. The lowest BCUT2D eigenvalue weighted by molar-refractivity contribution is -0.146. The summed E-state index contributed by atoms with van der Waals surface area (Å²) in [7, 11) is -4.01. The van der Waals surface area contributed by atoms with Crippen molar-refractivity contribution >= 4 is 27.6 Å². The fourth-order valence-corrected chi connectivity index (χ4v) is 3.81. The SMILES string of the molecule is CC(C)OC(=O)CNC(=O)c1ccccc1NS(=O)(=O)c1ccc2c(c1)OCCO2. The Morgan fingerprint density at radius 3 is 2.50 bits per heavy atom. The Hall–Kier alpha value is -3.27. The Balaban J connectivity index is 1.77. The van der Waals surface area contributed by atoms with Gasteiger partial charge in [-0.05, 0) is 38.1 Å². The molecule has 0 aliphatic carbocycles. The van der Waals surface area contributed by atoms with Crippen LogP contribution in [0.2, 0.25) is 0 Å². The Morgan fingerprint density at radius 1 is 1.07 bits per heavy atom. The molecule has 2 aromatic rings. The molecule has 1 aliphatic rings. The molecular weight excluding hydrogens is 412 g/mol. The van der Waals surface area contributed by atoms with Crippen molar-refractivity contribution in [2.75, 3.05) is 24.5 Å². The highest BCUT2D eigenvalue weighted by Gasteiger charge is 2.22. The van der Waals surface area contributed by atoms with Crippen molar-refractivity contribution < 1.29 is 32.2 Å². The van der Waals surface area contributed by atoms with E-state index in [1.807, 2.05) is 0 Å². The van der Waals surface area contributed by atoms with Gasteiger partial charge < -0.3 is 19.5 Å². The van der Waals surface area contributed by atoms with E-state index in [1.165, 1.54) is 30.3 Å². The predicted octanol–water partition coefficient (Wildman–Crippen LogP) is 1.94. The Kier molecular flexibility index (Phi) is 6.46. The van der Waals surface area contributed by atoms with E-state index >= 15 is 0 Å². The molecule has 3 rings (SSSR count).